The third-order valence-corrected chi connectivity index (χ3v) is 3.20. The van der Waals surface area contributed by atoms with Crippen LogP contribution in [-0.4, -0.2) is 5.91 Å². The number of nitrogen functional groups attached to an aromatic ring is 1. The number of amides is 1. The van der Waals surface area contributed by atoms with Gasteiger partial charge in [0.15, 0.2) is 10.4 Å². The zero-order valence-corrected chi connectivity index (χ0v) is 11.7. The number of carbonyl (C=O) groups excluding carboxylic acids is 1. The van der Waals surface area contributed by atoms with E-state index in [1.165, 1.54) is 0 Å². The molecule has 4 nitrogen and oxygen atoms in total. The molecule has 1 aromatic carbocycles. The summed E-state index contributed by atoms with van der Waals surface area (Å²) in [5, 5.41) is 2.69. The van der Waals surface area contributed by atoms with Crippen molar-refractivity contribution in [1.82, 2.24) is 0 Å². The minimum absolute atomic E-state index is 0.235. The van der Waals surface area contributed by atoms with Gasteiger partial charge >= 0.3 is 0 Å². The molecule has 2 aromatic rings. The maximum atomic E-state index is 11.7. The summed E-state index contributed by atoms with van der Waals surface area (Å²) < 4.78 is 6.44. The molecule has 17 heavy (non-hydrogen) atoms. The minimum atomic E-state index is -0.322. The van der Waals surface area contributed by atoms with E-state index in [0.29, 0.717) is 16.0 Å². The lowest BCUT2D eigenvalue weighted by Gasteiger charge is -2.05. The van der Waals surface area contributed by atoms with E-state index in [2.05, 4.69) is 37.2 Å². The SMILES string of the molecule is Nc1cc(NC(=O)c2ccc(Br)o2)ccc1Br. The van der Waals surface area contributed by atoms with E-state index < -0.39 is 0 Å². The van der Waals surface area contributed by atoms with E-state index in [-0.39, 0.29) is 11.7 Å². The largest absolute Gasteiger partial charge is 0.444 e. The van der Waals surface area contributed by atoms with E-state index in [1.54, 1.807) is 30.3 Å². The van der Waals surface area contributed by atoms with Gasteiger partial charge in [-0.05, 0) is 62.2 Å². The van der Waals surface area contributed by atoms with Crippen LogP contribution in [0.5, 0.6) is 0 Å². The molecule has 0 bridgehead atoms. The fourth-order valence-corrected chi connectivity index (χ4v) is 1.80. The summed E-state index contributed by atoms with van der Waals surface area (Å²) >= 11 is 6.42. The normalized spacial score (nSPS) is 10.2. The molecule has 0 saturated carbocycles. The number of anilines is 2. The molecule has 88 valence electrons. The lowest BCUT2D eigenvalue weighted by Crippen LogP contribution is -2.10. The zero-order valence-electron chi connectivity index (χ0n) is 8.54. The summed E-state index contributed by atoms with van der Waals surface area (Å²) in [4.78, 5) is 11.7. The topological polar surface area (TPSA) is 68.3 Å². The van der Waals surface area contributed by atoms with Crippen LogP contribution < -0.4 is 11.1 Å². The predicted molar refractivity (Wildman–Crippen MR) is 72.9 cm³/mol. The third kappa shape index (κ3) is 2.89. The molecule has 0 atom stereocenters. The van der Waals surface area contributed by atoms with Crippen molar-refractivity contribution in [3.05, 3.63) is 45.2 Å². The second-order valence-electron chi connectivity index (χ2n) is 3.29. The van der Waals surface area contributed by atoms with Gasteiger partial charge < -0.3 is 15.5 Å². The van der Waals surface area contributed by atoms with Crippen molar-refractivity contribution in [2.24, 2.45) is 0 Å². The Balaban J connectivity index is 2.15. The number of furan rings is 1. The number of nitrogens with one attached hydrogen (secondary N) is 1. The molecule has 0 radical (unpaired) electrons. The second-order valence-corrected chi connectivity index (χ2v) is 4.93. The van der Waals surface area contributed by atoms with Crippen LogP contribution in [0.1, 0.15) is 10.6 Å². The van der Waals surface area contributed by atoms with Gasteiger partial charge in [0.05, 0.1) is 0 Å². The average molecular weight is 360 g/mol. The van der Waals surface area contributed by atoms with Crippen LogP contribution in [0, 0.1) is 0 Å². The standard InChI is InChI=1S/C11H8Br2N2O2/c12-7-2-1-6(5-8(7)14)15-11(16)9-3-4-10(13)17-9/h1-5H,14H2,(H,15,16). The average Bonchev–Trinajstić information content (AvgIpc) is 2.70. The highest BCUT2D eigenvalue weighted by Gasteiger charge is 2.10. The van der Waals surface area contributed by atoms with Crippen molar-refractivity contribution in [2.45, 2.75) is 0 Å². The molecule has 0 saturated heterocycles. The van der Waals surface area contributed by atoms with Gasteiger partial charge in [-0.15, -0.1) is 0 Å². The van der Waals surface area contributed by atoms with Crippen molar-refractivity contribution in [1.29, 1.82) is 0 Å². The van der Waals surface area contributed by atoms with Crippen molar-refractivity contribution >= 4 is 49.1 Å². The molecular weight excluding hydrogens is 352 g/mol. The Kier molecular flexibility index (Phi) is 3.54. The molecule has 3 N–H and O–H groups in total. The van der Waals surface area contributed by atoms with E-state index in [1.807, 2.05) is 0 Å². The monoisotopic (exact) mass is 358 g/mol. The molecule has 0 aliphatic rings. The minimum Gasteiger partial charge on any atom is -0.444 e. The fraction of sp³-hybridized carbons (Fsp3) is 0. The number of benzene rings is 1. The van der Waals surface area contributed by atoms with E-state index in [0.717, 1.165) is 4.47 Å². The van der Waals surface area contributed by atoms with Gasteiger partial charge in [0.2, 0.25) is 0 Å². The molecule has 6 heteroatoms. The Morgan fingerprint density at radius 3 is 2.59 bits per heavy atom. The first-order valence-corrected chi connectivity index (χ1v) is 6.26. The highest BCUT2D eigenvalue weighted by atomic mass is 79.9. The summed E-state index contributed by atoms with van der Waals surface area (Å²) in [6, 6.07) is 8.42. The smallest absolute Gasteiger partial charge is 0.291 e. The molecule has 0 aliphatic carbocycles. The first-order valence-electron chi connectivity index (χ1n) is 4.68. The van der Waals surface area contributed by atoms with Gasteiger partial charge in [0, 0.05) is 15.8 Å². The van der Waals surface area contributed by atoms with Crippen LogP contribution in [0.2, 0.25) is 0 Å². The lowest BCUT2D eigenvalue weighted by atomic mass is 10.3. The summed E-state index contributed by atoms with van der Waals surface area (Å²) in [6.07, 6.45) is 0. The van der Waals surface area contributed by atoms with Gasteiger partial charge in [0.25, 0.3) is 5.91 Å². The molecule has 1 aromatic heterocycles. The Hall–Kier alpha value is -1.27. The van der Waals surface area contributed by atoms with E-state index >= 15 is 0 Å². The van der Waals surface area contributed by atoms with Crippen molar-refractivity contribution in [3.63, 3.8) is 0 Å². The molecule has 1 amide bonds. The summed E-state index contributed by atoms with van der Waals surface area (Å²) in [5.41, 5.74) is 6.88. The van der Waals surface area contributed by atoms with Crippen molar-refractivity contribution in [3.8, 4) is 0 Å². The second kappa shape index (κ2) is 4.93. The molecule has 0 unspecified atom stereocenters. The third-order valence-electron chi connectivity index (χ3n) is 2.05. The Morgan fingerprint density at radius 1 is 1.24 bits per heavy atom. The van der Waals surface area contributed by atoms with Gasteiger partial charge in [-0.25, -0.2) is 0 Å². The maximum absolute atomic E-state index is 11.7. The predicted octanol–water partition coefficient (Wildman–Crippen LogP) is 3.64. The number of nitrogens with two attached hydrogens (primary N) is 1. The van der Waals surface area contributed by atoms with Gasteiger partial charge in [-0.2, -0.15) is 0 Å². The summed E-state index contributed by atoms with van der Waals surface area (Å²) in [7, 11) is 0. The Morgan fingerprint density at radius 2 is 2.00 bits per heavy atom. The number of rotatable bonds is 2. The highest BCUT2D eigenvalue weighted by molar-refractivity contribution is 9.10. The van der Waals surface area contributed by atoms with Crippen LogP contribution in [0.3, 0.4) is 0 Å². The number of carbonyl (C=O) groups is 1. The molecule has 1 heterocycles. The Labute approximate surface area is 114 Å². The molecule has 2 rings (SSSR count). The number of halogens is 2. The van der Waals surface area contributed by atoms with Gasteiger partial charge in [0.1, 0.15) is 0 Å². The quantitative estimate of drug-likeness (QED) is 0.804. The maximum Gasteiger partial charge on any atom is 0.291 e. The summed E-state index contributed by atoms with van der Waals surface area (Å²) in [6.45, 7) is 0. The lowest BCUT2D eigenvalue weighted by molar-refractivity contribution is 0.0995. The molecular formula is C11H8Br2N2O2. The Bertz CT molecular complexity index is 566. The number of hydrogen-bond donors (Lipinski definition) is 2. The van der Waals surface area contributed by atoms with Crippen molar-refractivity contribution in [2.75, 3.05) is 11.1 Å². The van der Waals surface area contributed by atoms with E-state index in [4.69, 9.17) is 10.2 Å². The fourth-order valence-electron chi connectivity index (χ4n) is 1.25. The first-order chi connectivity index (χ1) is 8.06. The van der Waals surface area contributed by atoms with Crippen LogP contribution in [0.25, 0.3) is 0 Å². The molecule has 0 spiro atoms. The van der Waals surface area contributed by atoms with Crippen molar-refractivity contribution < 1.29 is 9.21 Å². The van der Waals surface area contributed by atoms with E-state index in [9.17, 15) is 4.79 Å². The summed E-state index contributed by atoms with van der Waals surface area (Å²) in [5.74, 6) is -0.0872. The van der Waals surface area contributed by atoms with Gasteiger partial charge in [-0.3, -0.25) is 4.79 Å². The molecule has 0 fully saturated rings. The number of hydrogen-bond acceptors (Lipinski definition) is 3. The van der Waals surface area contributed by atoms with Crippen LogP contribution >= 0.6 is 31.9 Å². The highest BCUT2D eigenvalue weighted by Crippen LogP contribution is 2.23. The molecule has 0 aliphatic heterocycles. The van der Waals surface area contributed by atoms with Gasteiger partial charge in [-0.1, -0.05) is 0 Å². The van der Waals surface area contributed by atoms with Crippen LogP contribution in [0.4, 0.5) is 11.4 Å². The first kappa shape index (κ1) is 12.2. The zero-order chi connectivity index (χ0) is 12.4. The van der Waals surface area contributed by atoms with Crippen LogP contribution in [0.15, 0.2) is 43.9 Å². The van der Waals surface area contributed by atoms with Crippen LogP contribution in [-0.2, 0) is 0 Å².